The first kappa shape index (κ1) is 19.9. The lowest BCUT2D eigenvalue weighted by Gasteiger charge is -2.10. The normalized spacial score (nSPS) is 12.1. The van der Waals surface area contributed by atoms with Crippen LogP contribution >= 0.6 is 11.8 Å². The fraction of sp³-hybridized carbons (Fsp3) is 0.200. The van der Waals surface area contributed by atoms with Gasteiger partial charge in [0.25, 0.3) is 5.56 Å². The monoisotopic (exact) mass is 396 g/mol. The van der Waals surface area contributed by atoms with Crippen LogP contribution in [0.2, 0.25) is 0 Å². The van der Waals surface area contributed by atoms with Crippen molar-refractivity contribution in [3.05, 3.63) is 58.0 Å². The van der Waals surface area contributed by atoms with Gasteiger partial charge in [0.15, 0.2) is 0 Å². The molecule has 0 unspecified atom stereocenters. The Morgan fingerprint density at radius 1 is 1.04 bits per heavy atom. The van der Waals surface area contributed by atoms with E-state index < -0.39 is 46.4 Å². The molecule has 26 heavy (non-hydrogen) atoms. The summed E-state index contributed by atoms with van der Waals surface area (Å²) in [4.78, 5) is 25.3. The van der Waals surface area contributed by atoms with Gasteiger partial charge in [-0.3, -0.25) is 9.59 Å². The number of carbonyl (C=O) groups excluding carboxylic acids is 1. The topological polar surface area (TPSA) is 62.0 Å². The molecule has 0 saturated heterocycles. The van der Waals surface area contributed by atoms with Crippen molar-refractivity contribution < 1.29 is 31.1 Å². The van der Waals surface area contributed by atoms with Crippen LogP contribution < -0.4 is 10.9 Å². The number of nitrogens with one attached hydrogen (secondary N) is 2. The molecule has 11 heteroatoms. The molecular weight excluding hydrogens is 386 g/mol. The number of alkyl halides is 6. The predicted octanol–water partition coefficient (Wildman–Crippen LogP) is 4.14. The number of hydrogen-bond donors (Lipinski definition) is 2. The van der Waals surface area contributed by atoms with Gasteiger partial charge in [-0.2, -0.15) is 26.3 Å². The van der Waals surface area contributed by atoms with Crippen LogP contribution in [0.3, 0.4) is 0 Å². The van der Waals surface area contributed by atoms with Crippen LogP contribution in [-0.2, 0) is 17.1 Å². The standard InChI is InChI=1S/C15H10F6N2O2S/c16-14(17,18)8-2-1-3-10(4-8)26-7-12(24)23-11-5-9(15(19,20)21)6-22-13(11)25/h1-6H,7H2,(H,22,25)(H,23,24). The van der Waals surface area contributed by atoms with Crippen LogP contribution in [0.15, 0.2) is 46.2 Å². The van der Waals surface area contributed by atoms with Crippen molar-refractivity contribution in [3.63, 3.8) is 0 Å². The number of thioether (sulfide) groups is 1. The number of rotatable bonds is 4. The van der Waals surface area contributed by atoms with Crippen molar-refractivity contribution in [2.75, 3.05) is 11.1 Å². The number of benzene rings is 1. The Kier molecular flexibility index (Phi) is 5.69. The Morgan fingerprint density at radius 2 is 1.69 bits per heavy atom. The maximum Gasteiger partial charge on any atom is 0.417 e. The highest BCUT2D eigenvalue weighted by atomic mass is 32.2. The molecule has 0 aliphatic rings. The Hall–Kier alpha value is -2.43. The third-order valence-electron chi connectivity index (χ3n) is 3.04. The highest BCUT2D eigenvalue weighted by molar-refractivity contribution is 8.00. The second kappa shape index (κ2) is 7.44. The first-order valence-electron chi connectivity index (χ1n) is 6.86. The Balaban J connectivity index is 2.05. The summed E-state index contributed by atoms with van der Waals surface area (Å²) in [7, 11) is 0. The fourth-order valence-electron chi connectivity index (χ4n) is 1.84. The summed E-state index contributed by atoms with van der Waals surface area (Å²) in [5.41, 5.74) is -3.58. The van der Waals surface area contributed by atoms with Crippen molar-refractivity contribution in [3.8, 4) is 0 Å². The van der Waals surface area contributed by atoms with Crippen LogP contribution in [0.5, 0.6) is 0 Å². The van der Waals surface area contributed by atoms with Gasteiger partial charge in [0, 0.05) is 11.1 Å². The van der Waals surface area contributed by atoms with Crippen molar-refractivity contribution in [1.82, 2.24) is 4.98 Å². The highest BCUT2D eigenvalue weighted by Gasteiger charge is 2.32. The minimum atomic E-state index is -4.71. The van der Waals surface area contributed by atoms with E-state index in [0.29, 0.717) is 12.3 Å². The molecule has 1 heterocycles. The van der Waals surface area contributed by atoms with Gasteiger partial charge in [0.2, 0.25) is 5.91 Å². The van der Waals surface area contributed by atoms with Gasteiger partial charge in [0.1, 0.15) is 5.69 Å². The van der Waals surface area contributed by atoms with E-state index in [1.807, 2.05) is 10.3 Å². The van der Waals surface area contributed by atoms with E-state index in [0.717, 1.165) is 23.9 Å². The molecule has 0 aliphatic carbocycles. The zero-order chi connectivity index (χ0) is 19.5. The predicted molar refractivity (Wildman–Crippen MR) is 82.9 cm³/mol. The smallest absolute Gasteiger partial charge is 0.327 e. The molecular formula is C15H10F6N2O2S. The third kappa shape index (κ3) is 5.28. The van der Waals surface area contributed by atoms with E-state index in [9.17, 15) is 35.9 Å². The first-order chi connectivity index (χ1) is 12.0. The number of amides is 1. The lowest BCUT2D eigenvalue weighted by molar-refractivity contribution is -0.138. The first-order valence-corrected chi connectivity index (χ1v) is 7.85. The maximum absolute atomic E-state index is 12.6. The average molecular weight is 396 g/mol. The minimum absolute atomic E-state index is 0.146. The second-order valence-electron chi connectivity index (χ2n) is 4.99. The molecule has 140 valence electrons. The SMILES string of the molecule is O=C(CSc1cccc(C(F)(F)F)c1)Nc1cc(C(F)(F)F)c[nH]c1=O. The number of pyridine rings is 1. The number of carbonyl (C=O) groups is 1. The highest BCUT2D eigenvalue weighted by Crippen LogP contribution is 2.32. The molecule has 0 saturated carbocycles. The number of hydrogen-bond acceptors (Lipinski definition) is 3. The van der Waals surface area contributed by atoms with Crippen LogP contribution in [0.4, 0.5) is 32.0 Å². The van der Waals surface area contributed by atoms with Crippen LogP contribution in [0, 0.1) is 0 Å². The molecule has 0 fully saturated rings. The minimum Gasteiger partial charge on any atom is -0.327 e. The molecule has 0 radical (unpaired) electrons. The van der Waals surface area contributed by atoms with Crippen LogP contribution in [-0.4, -0.2) is 16.6 Å². The molecule has 0 spiro atoms. The zero-order valence-corrected chi connectivity index (χ0v) is 13.5. The van der Waals surface area contributed by atoms with Crippen molar-refractivity contribution in [2.24, 2.45) is 0 Å². The molecule has 1 amide bonds. The number of halogens is 6. The second-order valence-corrected chi connectivity index (χ2v) is 6.04. The number of anilines is 1. The van der Waals surface area contributed by atoms with Gasteiger partial charge in [-0.05, 0) is 24.3 Å². The van der Waals surface area contributed by atoms with Crippen molar-refractivity contribution >= 4 is 23.4 Å². The summed E-state index contributed by atoms with van der Waals surface area (Å²) in [5.74, 6) is -1.23. The molecule has 0 atom stereocenters. The average Bonchev–Trinajstić information content (AvgIpc) is 2.53. The van der Waals surface area contributed by atoms with Crippen molar-refractivity contribution in [1.29, 1.82) is 0 Å². The Bertz CT molecular complexity index is 860. The molecule has 1 aromatic heterocycles. The summed E-state index contributed by atoms with van der Waals surface area (Å²) >= 11 is 0.747. The van der Waals surface area contributed by atoms with Gasteiger partial charge >= 0.3 is 12.4 Å². The molecule has 1 aromatic carbocycles. The number of aromatic amines is 1. The summed E-state index contributed by atoms with van der Waals surface area (Å²) in [6.07, 6.45) is -8.78. The summed E-state index contributed by atoms with van der Waals surface area (Å²) < 4.78 is 75.7. The van der Waals surface area contributed by atoms with Gasteiger partial charge in [-0.15, -0.1) is 11.8 Å². The quantitative estimate of drug-likeness (QED) is 0.603. The Labute approximate surface area is 146 Å². The van der Waals surface area contributed by atoms with Gasteiger partial charge in [-0.25, -0.2) is 0 Å². The Morgan fingerprint density at radius 3 is 2.31 bits per heavy atom. The molecule has 0 bridgehead atoms. The zero-order valence-electron chi connectivity index (χ0n) is 12.7. The fourth-order valence-corrected chi connectivity index (χ4v) is 2.59. The molecule has 2 rings (SSSR count). The van der Waals surface area contributed by atoms with Gasteiger partial charge in [0.05, 0.1) is 16.9 Å². The van der Waals surface area contributed by atoms with Crippen LogP contribution in [0.1, 0.15) is 11.1 Å². The van der Waals surface area contributed by atoms with E-state index in [4.69, 9.17) is 0 Å². The summed E-state index contributed by atoms with van der Waals surface area (Å²) in [5, 5.41) is 2.01. The molecule has 2 aromatic rings. The number of aromatic nitrogens is 1. The number of H-pyrrole nitrogens is 1. The third-order valence-corrected chi connectivity index (χ3v) is 4.03. The van der Waals surface area contributed by atoms with E-state index in [1.165, 1.54) is 12.1 Å². The summed E-state index contributed by atoms with van der Waals surface area (Å²) in [6.45, 7) is 0. The van der Waals surface area contributed by atoms with E-state index >= 15 is 0 Å². The molecule has 0 aliphatic heterocycles. The molecule has 2 N–H and O–H groups in total. The van der Waals surface area contributed by atoms with E-state index in [1.54, 1.807) is 0 Å². The lowest BCUT2D eigenvalue weighted by atomic mass is 10.2. The van der Waals surface area contributed by atoms with E-state index in [2.05, 4.69) is 0 Å². The summed E-state index contributed by atoms with van der Waals surface area (Å²) in [6, 6.07) is 4.71. The maximum atomic E-state index is 12.6. The van der Waals surface area contributed by atoms with Gasteiger partial charge in [-0.1, -0.05) is 6.07 Å². The lowest BCUT2D eigenvalue weighted by Crippen LogP contribution is -2.22. The largest absolute Gasteiger partial charge is 0.417 e. The van der Waals surface area contributed by atoms with Gasteiger partial charge < -0.3 is 10.3 Å². The molecule has 4 nitrogen and oxygen atoms in total. The van der Waals surface area contributed by atoms with Crippen molar-refractivity contribution in [2.45, 2.75) is 17.2 Å². The van der Waals surface area contributed by atoms with E-state index in [-0.39, 0.29) is 4.90 Å². The van der Waals surface area contributed by atoms with Crippen LogP contribution in [0.25, 0.3) is 0 Å².